The second kappa shape index (κ2) is 16.0. The molecule has 0 saturated heterocycles. The number of benzene rings is 12. The summed E-state index contributed by atoms with van der Waals surface area (Å²) in [4.78, 5) is 0. The number of aromatic nitrogens is 2. The summed E-state index contributed by atoms with van der Waals surface area (Å²) in [6, 6.07) is 93.7. The molecule has 16 rings (SSSR count). The average Bonchev–Trinajstić information content (AvgIpc) is 4.23. The highest BCUT2D eigenvalue weighted by Gasteiger charge is 2.20. The van der Waals surface area contributed by atoms with Crippen molar-refractivity contribution in [3.8, 4) is 55.9 Å². The number of hydrogen-bond acceptors (Lipinski definition) is 2. The molecule has 0 aliphatic rings. The summed E-state index contributed by atoms with van der Waals surface area (Å²) >= 11 is 1.88. The van der Waals surface area contributed by atoms with E-state index in [1.165, 1.54) is 102 Å². The van der Waals surface area contributed by atoms with Crippen LogP contribution in [-0.4, -0.2) is 9.13 Å². The molecule has 0 fully saturated rings. The van der Waals surface area contributed by atoms with Gasteiger partial charge in [-0.15, -0.1) is 11.3 Å². The van der Waals surface area contributed by atoms with Crippen molar-refractivity contribution in [2.24, 2.45) is 0 Å². The lowest BCUT2D eigenvalue weighted by molar-refractivity contribution is 0.669. The Bertz CT molecular complexity index is 4950. The normalized spacial score (nSPS) is 12.1. The Hall–Kier alpha value is -9.48. The Morgan fingerprint density at radius 3 is 1.61 bits per heavy atom. The number of nitrogens with zero attached hydrogens (tertiary/aromatic N) is 2. The van der Waals surface area contributed by atoms with Gasteiger partial charge in [-0.2, -0.15) is 0 Å². The Kier molecular flexibility index (Phi) is 8.91. The number of para-hydroxylation sites is 1. The third kappa shape index (κ3) is 6.25. The van der Waals surface area contributed by atoms with E-state index in [-0.39, 0.29) is 0 Å². The predicted octanol–water partition coefficient (Wildman–Crippen LogP) is 20.0. The number of rotatable bonds is 6. The van der Waals surface area contributed by atoms with E-state index >= 15 is 0 Å². The fourth-order valence-electron chi connectivity index (χ4n) is 12.0. The zero-order valence-corrected chi connectivity index (χ0v) is 40.8. The van der Waals surface area contributed by atoms with Crippen molar-refractivity contribution in [3.05, 3.63) is 255 Å². The molecule has 4 heteroatoms. The van der Waals surface area contributed by atoms with Crippen molar-refractivity contribution in [3.63, 3.8) is 0 Å². The monoisotopic (exact) mass is 958 g/mol. The maximum absolute atomic E-state index is 6.25. The lowest BCUT2D eigenvalue weighted by Gasteiger charge is -2.11. The van der Waals surface area contributed by atoms with Crippen LogP contribution in [0.15, 0.2) is 259 Å². The van der Waals surface area contributed by atoms with Gasteiger partial charge in [0, 0.05) is 63.9 Å². The summed E-state index contributed by atoms with van der Waals surface area (Å²) in [6.45, 7) is 0. The van der Waals surface area contributed by atoms with Crippen LogP contribution in [-0.2, 0) is 0 Å². The second-order valence-electron chi connectivity index (χ2n) is 19.6. The topological polar surface area (TPSA) is 23.0 Å². The average molecular weight is 959 g/mol. The second-order valence-corrected chi connectivity index (χ2v) is 20.7. The van der Waals surface area contributed by atoms with E-state index in [2.05, 4.69) is 252 Å². The van der Waals surface area contributed by atoms with Gasteiger partial charge in [-0.1, -0.05) is 164 Å². The fourth-order valence-corrected chi connectivity index (χ4v) is 13.3. The number of fused-ring (bicyclic) bond motifs is 14. The lowest BCUT2D eigenvalue weighted by Crippen LogP contribution is -1.94. The van der Waals surface area contributed by atoms with E-state index < -0.39 is 0 Å². The molecule has 0 unspecified atom stereocenters. The van der Waals surface area contributed by atoms with E-state index in [4.69, 9.17) is 4.42 Å². The summed E-state index contributed by atoms with van der Waals surface area (Å²) < 4.78 is 13.8. The van der Waals surface area contributed by atoms with Gasteiger partial charge in [0.1, 0.15) is 11.2 Å². The molecule has 3 nitrogen and oxygen atoms in total. The Labute approximate surface area is 429 Å². The van der Waals surface area contributed by atoms with Crippen LogP contribution in [0, 0.1) is 0 Å². The van der Waals surface area contributed by atoms with Crippen molar-refractivity contribution in [1.82, 2.24) is 9.13 Å². The summed E-state index contributed by atoms with van der Waals surface area (Å²) in [6.07, 6.45) is 0. The van der Waals surface area contributed by atoms with Crippen LogP contribution in [0.1, 0.15) is 0 Å². The van der Waals surface area contributed by atoms with E-state index in [1.807, 2.05) is 23.5 Å². The minimum absolute atomic E-state index is 0.901. The summed E-state index contributed by atoms with van der Waals surface area (Å²) in [5.41, 5.74) is 18.3. The van der Waals surface area contributed by atoms with Crippen LogP contribution in [0.2, 0.25) is 0 Å². The van der Waals surface area contributed by atoms with Gasteiger partial charge in [0.25, 0.3) is 0 Å². The minimum atomic E-state index is 0.901. The van der Waals surface area contributed by atoms with Gasteiger partial charge in [-0.05, 0) is 146 Å². The Morgan fingerprint density at radius 2 is 0.824 bits per heavy atom. The standard InChI is InChI=1S/C70H42N2OS/c1-2-12-43(13-3-1)46-15-10-16-52(38-46)72-62-33-27-47(39-58(62)59-40-48(28-34-63(59)72)50-30-37-67-60(41-50)55-18-6-8-22-66(55)73-67)49-29-35-64-61(42-49)69-53-17-5-4-14-44(53)26-36-65(69)71(64)51-31-24-45(25-32-51)54-20-11-21-57-56-19-7-9-23-68(56)74-70(54)57/h1-42H. The summed E-state index contributed by atoms with van der Waals surface area (Å²) in [5, 5.41) is 12.3. The molecule has 0 amide bonds. The van der Waals surface area contributed by atoms with E-state index in [1.54, 1.807) is 0 Å². The van der Waals surface area contributed by atoms with E-state index in [0.717, 1.165) is 49.9 Å². The van der Waals surface area contributed by atoms with Crippen molar-refractivity contribution in [1.29, 1.82) is 0 Å². The molecule has 12 aromatic carbocycles. The molecule has 0 radical (unpaired) electrons. The molecule has 0 saturated carbocycles. The van der Waals surface area contributed by atoms with Crippen LogP contribution in [0.5, 0.6) is 0 Å². The van der Waals surface area contributed by atoms with E-state index in [9.17, 15) is 0 Å². The third-order valence-corrected chi connectivity index (χ3v) is 16.7. The van der Waals surface area contributed by atoms with Crippen LogP contribution in [0.25, 0.3) is 152 Å². The molecule has 0 bridgehead atoms. The largest absolute Gasteiger partial charge is 0.456 e. The zero-order chi connectivity index (χ0) is 48.4. The lowest BCUT2D eigenvalue weighted by atomic mass is 9.98. The summed E-state index contributed by atoms with van der Waals surface area (Å²) in [7, 11) is 0. The van der Waals surface area contributed by atoms with Gasteiger partial charge in [0.2, 0.25) is 0 Å². The highest BCUT2D eigenvalue weighted by atomic mass is 32.1. The van der Waals surface area contributed by atoms with Crippen LogP contribution >= 0.6 is 11.3 Å². The Balaban J connectivity index is 0.869. The quantitative estimate of drug-likeness (QED) is 0.163. The molecule has 4 heterocycles. The number of furan rings is 1. The van der Waals surface area contributed by atoms with Gasteiger partial charge < -0.3 is 13.6 Å². The van der Waals surface area contributed by atoms with Crippen LogP contribution in [0.3, 0.4) is 0 Å². The van der Waals surface area contributed by atoms with Gasteiger partial charge in [-0.25, -0.2) is 0 Å². The molecular formula is C70H42N2OS. The first-order chi connectivity index (χ1) is 36.7. The first kappa shape index (κ1) is 41.2. The molecular weight excluding hydrogens is 917 g/mol. The van der Waals surface area contributed by atoms with Gasteiger partial charge in [0.15, 0.2) is 0 Å². The molecule has 16 aromatic rings. The molecule has 74 heavy (non-hydrogen) atoms. The first-order valence-corrected chi connectivity index (χ1v) is 26.1. The van der Waals surface area contributed by atoms with Gasteiger partial charge >= 0.3 is 0 Å². The maximum Gasteiger partial charge on any atom is 0.135 e. The van der Waals surface area contributed by atoms with Crippen molar-refractivity contribution in [2.75, 3.05) is 0 Å². The number of thiophene rings is 1. The maximum atomic E-state index is 6.25. The van der Waals surface area contributed by atoms with Crippen LogP contribution in [0.4, 0.5) is 0 Å². The highest BCUT2D eigenvalue weighted by molar-refractivity contribution is 7.26. The molecule has 0 atom stereocenters. The van der Waals surface area contributed by atoms with Crippen LogP contribution < -0.4 is 0 Å². The van der Waals surface area contributed by atoms with E-state index in [0.29, 0.717) is 0 Å². The molecule has 0 spiro atoms. The highest BCUT2D eigenvalue weighted by Crippen LogP contribution is 2.44. The molecule has 344 valence electrons. The molecule has 0 aliphatic carbocycles. The predicted molar refractivity (Wildman–Crippen MR) is 315 cm³/mol. The SMILES string of the molecule is c1ccc(-c2cccc(-n3c4ccc(-c5ccc6oc7ccccc7c6c5)cc4c4cc(-c5ccc6c(c5)c5c7ccccc7ccc5n6-c5ccc(-c6cccc7c6sc6ccccc67)cc5)ccc43)c2)cc1. The fraction of sp³-hybridized carbons (Fsp3) is 0. The number of hydrogen-bond donors (Lipinski definition) is 0. The summed E-state index contributed by atoms with van der Waals surface area (Å²) in [5.74, 6) is 0. The smallest absolute Gasteiger partial charge is 0.135 e. The van der Waals surface area contributed by atoms with Crippen molar-refractivity contribution < 1.29 is 4.42 Å². The zero-order valence-electron chi connectivity index (χ0n) is 40.0. The van der Waals surface area contributed by atoms with Crippen molar-refractivity contribution in [2.45, 2.75) is 0 Å². The first-order valence-electron chi connectivity index (χ1n) is 25.3. The minimum Gasteiger partial charge on any atom is -0.456 e. The molecule has 0 N–H and O–H groups in total. The van der Waals surface area contributed by atoms with Gasteiger partial charge in [0.05, 0.1) is 22.1 Å². The molecule has 4 aromatic heterocycles. The Morgan fingerprint density at radius 1 is 0.284 bits per heavy atom. The molecule has 0 aliphatic heterocycles. The van der Waals surface area contributed by atoms with Crippen molar-refractivity contribution >= 4 is 108 Å². The third-order valence-electron chi connectivity index (χ3n) is 15.5. The van der Waals surface area contributed by atoms with Gasteiger partial charge in [-0.3, -0.25) is 0 Å².